The fourth-order valence-corrected chi connectivity index (χ4v) is 11.6. The molecule has 0 unspecified atom stereocenters. The van der Waals surface area contributed by atoms with Crippen LogP contribution < -0.4 is 5.32 Å². The maximum Gasteiger partial charge on any atom is 0.340 e. The number of likely N-dealkylation sites (tertiary alicyclic amines) is 1. The highest BCUT2D eigenvalue weighted by molar-refractivity contribution is 6.00. The molecule has 5 aliphatic carbocycles. The van der Waals surface area contributed by atoms with E-state index in [0.29, 0.717) is 56.4 Å². The van der Waals surface area contributed by atoms with Crippen LogP contribution in [0, 0.1) is 29.1 Å². The maximum absolute atomic E-state index is 14.0. The predicted molar refractivity (Wildman–Crippen MR) is 152 cm³/mol. The van der Waals surface area contributed by atoms with E-state index in [1.54, 1.807) is 45.6 Å². The summed E-state index contributed by atoms with van der Waals surface area (Å²) >= 11 is 0. The molecule has 230 valence electrons. The number of carbonyl (C=O) groups is 2. The van der Waals surface area contributed by atoms with Gasteiger partial charge in [0.2, 0.25) is 5.91 Å². The van der Waals surface area contributed by atoms with E-state index in [9.17, 15) is 19.8 Å². The van der Waals surface area contributed by atoms with Crippen molar-refractivity contribution in [2.45, 2.75) is 87.1 Å². The lowest BCUT2D eigenvalue weighted by molar-refractivity contribution is -0.337. The average Bonchev–Trinajstić information content (AvgIpc) is 3.39. The molecule has 12 atom stereocenters. The number of benzene rings is 1. The average molecular weight is 585 g/mol. The minimum absolute atomic E-state index is 0.0432. The van der Waals surface area contributed by atoms with Gasteiger partial charge in [0, 0.05) is 76.3 Å². The number of carbonyl (C=O) groups excluding carboxylic acids is 2. The molecule has 42 heavy (non-hydrogen) atoms. The molecule has 1 aromatic rings. The van der Waals surface area contributed by atoms with Crippen LogP contribution in [0.15, 0.2) is 24.3 Å². The molecule has 1 saturated heterocycles. The Morgan fingerprint density at radius 3 is 2.50 bits per heavy atom. The summed E-state index contributed by atoms with van der Waals surface area (Å²) < 4.78 is 25.1. The molecule has 1 aromatic carbocycles. The van der Waals surface area contributed by atoms with E-state index in [1.807, 2.05) is 0 Å². The van der Waals surface area contributed by atoms with Crippen LogP contribution in [0.2, 0.25) is 0 Å². The highest BCUT2D eigenvalue weighted by Gasteiger charge is 2.89. The number of ether oxygens (including phenoxy) is 4. The summed E-state index contributed by atoms with van der Waals surface area (Å²) in [6.45, 7) is 4.79. The topological polar surface area (TPSA) is 127 Å². The quantitative estimate of drug-likeness (QED) is 0.414. The Hall–Kier alpha value is -2.08. The second kappa shape index (κ2) is 9.46. The fraction of sp³-hybridized carbons (Fsp3) is 0.750. The van der Waals surface area contributed by atoms with Gasteiger partial charge < -0.3 is 34.5 Å². The van der Waals surface area contributed by atoms with Crippen molar-refractivity contribution in [1.82, 2.24) is 4.90 Å². The van der Waals surface area contributed by atoms with Crippen LogP contribution in [0.4, 0.5) is 5.69 Å². The predicted octanol–water partition coefficient (Wildman–Crippen LogP) is 2.22. The summed E-state index contributed by atoms with van der Waals surface area (Å²) in [4.78, 5) is 28.3. The third-order valence-corrected chi connectivity index (χ3v) is 12.6. The number of nitrogens with one attached hydrogen (secondary N) is 1. The second-order valence-corrected chi connectivity index (χ2v) is 13.7. The highest BCUT2D eigenvalue weighted by atomic mass is 16.6. The van der Waals surface area contributed by atoms with Gasteiger partial charge in [0.1, 0.15) is 16.8 Å². The van der Waals surface area contributed by atoms with Crippen molar-refractivity contribution in [1.29, 1.82) is 0 Å². The van der Waals surface area contributed by atoms with Gasteiger partial charge in [-0.25, -0.2) is 4.79 Å². The molecule has 10 nitrogen and oxygen atoms in total. The molecule has 0 radical (unpaired) electrons. The summed E-state index contributed by atoms with van der Waals surface area (Å²) in [6, 6.07) is 6.89. The van der Waals surface area contributed by atoms with Gasteiger partial charge in [-0.1, -0.05) is 19.1 Å². The van der Waals surface area contributed by atoms with Crippen molar-refractivity contribution in [2.75, 3.05) is 39.7 Å². The number of hydrogen-bond donors (Lipinski definition) is 3. The van der Waals surface area contributed by atoms with Crippen molar-refractivity contribution < 1.29 is 38.7 Å². The van der Waals surface area contributed by atoms with Gasteiger partial charge in [0.15, 0.2) is 0 Å². The van der Waals surface area contributed by atoms with Crippen molar-refractivity contribution in [2.24, 2.45) is 29.1 Å². The number of piperidine rings is 1. The molecule has 7 rings (SSSR count). The molecule has 0 aromatic heterocycles. The Morgan fingerprint density at radius 1 is 1.07 bits per heavy atom. The van der Waals surface area contributed by atoms with Crippen molar-refractivity contribution >= 4 is 17.6 Å². The number of likely N-dealkylation sites (N-methyl/N-ethyl adjacent to an activating group) is 1. The molecule has 10 heteroatoms. The molecular weight excluding hydrogens is 540 g/mol. The number of fused-ring (bicyclic) bond motifs is 2. The van der Waals surface area contributed by atoms with Crippen molar-refractivity contribution in [3.63, 3.8) is 0 Å². The number of amides is 1. The first kappa shape index (κ1) is 28.7. The number of nitrogens with zero attached hydrogens (tertiary/aromatic N) is 1. The van der Waals surface area contributed by atoms with Crippen LogP contribution in [-0.4, -0.2) is 103 Å². The second-order valence-electron chi connectivity index (χ2n) is 13.7. The summed E-state index contributed by atoms with van der Waals surface area (Å²) in [7, 11) is 5.05. The number of para-hydroxylation sites is 1. The first-order valence-electron chi connectivity index (χ1n) is 15.4. The van der Waals surface area contributed by atoms with Gasteiger partial charge in [-0.2, -0.15) is 0 Å². The maximum atomic E-state index is 14.0. The number of methoxy groups -OCH3 is 3. The van der Waals surface area contributed by atoms with Crippen LogP contribution >= 0.6 is 0 Å². The van der Waals surface area contributed by atoms with Gasteiger partial charge in [-0.3, -0.25) is 9.69 Å². The molecule has 6 aliphatic rings. The van der Waals surface area contributed by atoms with E-state index in [4.69, 9.17) is 18.9 Å². The number of anilines is 1. The molecule has 5 saturated carbocycles. The van der Waals surface area contributed by atoms with E-state index in [-0.39, 0.29) is 47.8 Å². The van der Waals surface area contributed by atoms with E-state index < -0.39 is 34.3 Å². The van der Waals surface area contributed by atoms with Gasteiger partial charge in [0.05, 0.1) is 29.6 Å². The number of hydrogen-bond acceptors (Lipinski definition) is 9. The molecule has 3 N–H and O–H groups in total. The van der Waals surface area contributed by atoms with Crippen LogP contribution in [0.5, 0.6) is 0 Å². The molecular formula is C32H44N2O8. The Morgan fingerprint density at radius 2 is 1.83 bits per heavy atom. The zero-order valence-electron chi connectivity index (χ0n) is 25.2. The lowest BCUT2D eigenvalue weighted by Crippen LogP contribution is -2.83. The standard InChI is InChI=1S/C32H44N2O8/c1-6-34-16-29(42-28(36)18-9-7-8-10-21(18)33-17(2)35)12-11-25(40-4)31-23(29)14-20(26(31)34)30(37)15-22(39-3)19-13-24(31)32(30,38)27(19)41-5/h7-10,19-20,22-27,37-38H,6,11-16H2,1-5H3,(H,33,35)/t19-,20-,22+,23+,24+,25-,26-,27-,29-,30+,31-,32+/m1/s1. The number of esters is 1. The minimum atomic E-state index is -1.48. The summed E-state index contributed by atoms with van der Waals surface area (Å²) in [5.74, 6) is -1.54. The van der Waals surface area contributed by atoms with Gasteiger partial charge >= 0.3 is 5.97 Å². The molecule has 1 spiro atoms. The minimum Gasteiger partial charge on any atom is -0.454 e. The van der Waals surface area contributed by atoms with E-state index in [2.05, 4.69) is 17.1 Å². The highest BCUT2D eigenvalue weighted by Crippen LogP contribution is 2.79. The van der Waals surface area contributed by atoms with Crippen LogP contribution in [0.3, 0.4) is 0 Å². The first-order chi connectivity index (χ1) is 20.1. The van der Waals surface area contributed by atoms with Crippen LogP contribution in [0.1, 0.15) is 56.3 Å². The van der Waals surface area contributed by atoms with Gasteiger partial charge in [-0.15, -0.1) is 0 Å². The van der Waals surface area contributed by atoms with Gasteiger partial charge in [-0.05, 0) is 44.4 Å². The summed E-state index contributed by atoms with van der Waals surface area (Å²) in [5.41, 5.74) is -3.57. The first-order valence-corrected chi connectivity index (χ1v) is 15.4. The van der Waals surface area contributed by atoms with Crippen molar-refractivity contribution in [3.05, 3.63) is 29.8 Å². The van der Waals surface area contributed by atoms with Crippen LogP contribution in [-0.2, 0) is 23.7 Å². The monoisotopic (exact) mass is 584 g/mol. The summed E-state index contributed by atoms with van der Waals surface area (Å²) in [5, 5.41) is 28.4. The Bertz CT molecular complexity index is 1290. The largest absolute Gasteiger partial charge is 0.454 e. The third kappa shape index (κ3) is 3.21. The van der Waals surface area contributed by atoms with Crippen molar-refractivity contribution in [3.8, 4) is 0 Å². The van der Waals surface area contributed by atoms with E-state index >= 15 is 0 Å². The number of aliphatic hydroxyl groups is 2. The zero-order chi connectivity index (χ0) is 29.8. The third-order valence-electron chi connectivity index (χ3n) is 12.6. The molecule has 6 fully saturated rings. The van der Waals surface area contributed by atoms with Crippen LogP contribution in [0.25, 0.3) is 0 Å². The molecule has 1 amide bonds. The number of rotatable bonds is 7. The normalized spacial score (nSPS) is 48.2. The van der Waals surface area contributed by atoms with Gasteiger partial charge in [0.25, 0.3) is 0 Å². The lowest BCUT2D eigenvalue weighted by Gasteiger charge is -2.70. The smallest absolute Gasteiger partial charge is 0.340 e. The van der Waals surface area contributed by atoms with E-state index in [1.165, 1.54) is 6.92 Å². The summed E-state index contributed by atoms with van der Waals surface area (Å²) in [6.07, 6.45) is 1.91. The Kier molecular flexibility index (Phi) is 6.46. The lowest BCUT2D eigenvalue weighted by atomic mass is 9.44. The molecule has 7 bridgehead atoms. The fourth-order valence-electron chi connectivity index (χ4n) is 11.6. The zero-order valence-corrected chi connectivity index (χ0v) is 25.2. The Labute approximate surface area is 247 Å². The molecule has 1 aliphatic heterocycles. The SMILES string of the molecule is CCN1C[C@]2(OC(=O)c3ccccc3NC(C)=O)CC[C@@H](OC)[C@@]34[C@H]1[C@@H](C[C@@H]23)[C@@]1(O)C[C@H](OC)[C@H]2C[C@@H]4[C@]1(O)[C@@H]2OC. The Balaban J connectivity index is 1.38. The molecule has 1 heterocycles. The van der Waals surface area contributed by atoms with E-state index in [0.717, 1.165) is 0 Å².